The zero-order chi connectivity index (χ0) is 26.9. The second-order valence-electron chi connectivity index (χ2n) is 10.5. The average Bonchev–Trinajstić information content (AvgIpc) is 3.31. The largest absolute Gasteiger partial charge is 0.393 e. The lowest BCUT2D eigenvalue weighted by Crippen LogP contribution is -2.39. The molecule has 2 saturated heterocycles. The summed E-state index contributed by atoms with van der Waals surface area (Å²) < 4.78 is 43.8. The topological polar surface area (TPSA) is 90.0 Å². The molecule has 5 rings (SSSR count). The SMILES string of the molecule is Cc1ccc(NC(=O)N2CCC(CC(F)(F)F)C2)cc1-c1cc(NC2CC(O)C2)nc(N2CCOCC2)c1. The van der Waals surface area contributed by atoms with Gasteiger partial charge in [-0.3, -0.25) is 0 Å². The number of carbonyl (C=O) groups excluding carboxylic acids is 1. The lowest BCUT2D eigenvalue weighted by atomic mass is 9.89. The molecular formula is C27H34F3N5O3. The summed E-state index contributed by atoms with van der Waals surface area (Å²) in [7, 11) is 0. The van der Waals surface area contributed by atoms with Crippen LogP contribution in [0.1, 0.15) is 31.2 Å². The molecule has 1 aromatic carbocycles. The molecule has 2 amide bonds. The van der Waals surface area contributed by atoms with E-state index < -0.39 is 18.5 Å². The number of aliphatic hydroxyl groups is 1. The van der Waals surface area contributed by atoms with E-state index in [0.717, 1.165) is 41.4 Å². The number of anilines is 3. The molecule has 206 valence electrons. The van der Waals surface area contributed by atoms with Crippen LogP contribution in [0.3, 0.4) is 0 Å². The van der Waals surface area contributed by atoms with Crippen LogP contribution >= 0.6 is 0 Å². The van der Waals surface area contributed by atoms with Gasteiger partial charge in [-0.25, -0.2) is 9.78 Å². The van der Waals surface area contributed by atoms with E-state index in [1.807, 2.05) is 31.2 Å². The first-order chi connectivity index (χ1) is 18.1. The Bertz CT molecular complexity index is 1150. The summed E-state index contributed by atoms with van der Waals surface area (Å²) in [5, 5.41) is 16.0. The summed E-state index contributed by atoms with van der Waals surface area (Å²) >= 11 is 0. The highest BCUT2D eigenvalue weighted by Crippen LogP contribution is 2.34. The molecule has 1 aromatic heterocycles. The number of morpholine rings is 1. The molecule has 0 radical (unpaired) electrons. The molecule has 11 heteroatoms. The molecule has 1 unspecified atom stereocenters. The van der Waals surface area contributed by atoms with E-state index in [-0.39, 0.29) is 24.7 Å². The monoisotopic (exact) mass is 533 g/mol. The summed E-state index contributed by atoms with van der Waals surface area (Å²) in [6.07, 6.45) is -3.66. The van der Waals surface area contributed by atoms with Gasteiger partial charge in [-0.05, 0) is 73.1 Å². The quantitative estimate of drug-likeness (QED) is 0.502. The Morgan fingerprint density at radius 1 is 1.16 bits per heavy atom. The molecule has 3 aliphatic rings. The smallest absolute Gasteiger partial charge is 0.389 e. The van der Waals surface area contributed by atoms with E-state index in [2.05, 4.69) is 15.5 Å². The zero-order valence-corrected chi connectivity index (χ0v) is 21.4. The number of nitrogens with one attached hydrogen (secondary N) is 2. The van der Waals surface area contributed by atoms with Crippen molar-refractivity contribution in [2.75, 3.05) is 54.9 Å². The first kappa shape index (κ1) is 26.6. The Morgan fingerprint density at radius 3 is 2.63 bits per heavy atom. The van der Waals surface area contributed by atoms with E-state index in [1.54, 1.807) is 6.07 Å². The number of halogens is 3. The third kappa shape index (κ3) is 6.50. The Hall–Kier alpha value is -3.05. The number of benzene rings is 1. The lowest BCUT2D eigenvalue weighted by molar-refractivity contribution is -0.143. The fourth-order valence-electron chi connectivity index (χ4n) is 5.34. The van der Waals surface area contributed by atoms with Crippen LogP contribution in [0.2, 0.25) is 0 Å². The van der Waals surface area contributed by atoms with E-state index in [0.29, 0.717) is 44.7 Å². The third-order valence-electron chi connectivity index (χ3n) is 7.51. The highest BCUT2D eigenvalue weighted by molar-refractivity contribution is 5.91. The van der Waals surface area contributed by atoms with Crippen LogP contribution < -0.4 is 15.5 Å². The van der Waals surface area contributed by atoms with Crippen molar-refractivity contribution in [3.05, 3.63) is 35.9 Å². The number of rotatable bonds is 6. The molecule has 1 aliphatic carbocycles. The molecule has 8 nitrogen and oxygen atoms in total. The first-order valence-electron chi connectivity index (χ1n) is 13.2. The number of urea groups is 1. The lowest BCUT2D eigenvalue weighted by Gasteiger charge is -2.33. The molecule has 3 N–H and O–H groups in total. The second kappa shape index (κ2) is 11.0. The number of likely N-dealkylation sites (tertiary alicyclic amines) is 1. The van der Waals surface area contributed by atoms with Crippen LogP contribution in [0.4, 0.5) is 35.3 Å². The van der Waals surface area contributed by atoms with Crippen molar-refractivity contribution >= 4 is 23.4 Å². The molecule has 2 aliphatic heterocycles. The number of hydrogen-bond acceptors (Lipinski definition) is 6. The van der Waals surface area contributed by atoms with Crippen LogP contribution in [0, 0.1) is 12.8 Å². The number of aliphatic hydroxyl groups excluding tert-OH is 1. The highest BCUT2D eigenvalue weighted by atomic mass is 19.4. The number of aromatic nitrogens is 1. The van der Waals surface area contributed by atoms with Gasteiger partial charge in [-0.15, -0.1) is 0 Å². The molecule has 0 spiro atoms. The second-order valence-corrected chi connectivity index (χ2v) is 10.5. The van der Waals surface area contributed by atoms with Crippen molar-refractivity contribution in [2.24, 2.45) is 5.92 Å². The van der Waals surface area contributed by atoms with E-state index in [1.165, 1.54) is 4.90 Å². The number of hydrogen-bond donors (Lipinski definition) is 3. The van der Waals surface area contributed by atoms with E-state index in [4.69, 9.17) is 9.72 Å². The molecule has 0 bridgehead atoms. The Balaban J connectivity index is 1.35. The van der Waals surface area contributed by atoms with Gasteiger partial charge in [0, 0.05) is 44.3 Å². The molecule has 1 atom stereocenters. The average molecular weight is 534 g/mol. The van der Waals surface area contributed by atoms with Gasteiger partial charge >= 0.3 is 12.2 Å². The number of aryl methyl sites for hydroxylation is 1. The van der Waals surface area contributed by atoms with Crippen LogP contribution in [0.5, 0.6) is 0 Å². The van der Waals surface area contributed by atoms with Crippen LogP contribution in [0.25, 0.3) is 11.1 Å². The minimum Gasteiger partial charge on any atom is -0.393 e. The minimum atomic E-state index is -4.22. The summed E-state index contributed by atoms with van der Waals surface area (Å²) in [5.41, 5.74) is 3.45. The van der Waals surface area contributed by atoms with Gasteiger partial charge in [0.1, 0.15) is 11.6 Å². The minimum absolute atomic E-state index is 0.0994. The van der Waals surface area contributed by atoms with Crippen LogP contribution in [-0.4, -0.2) is 78.7 Å². The normalized spacial score (nSPS) is 23.8. The standard InChI is InChI=1S/C27H34F3N5O3/c1-17-2-3-20(32-26(37)35-5-4-18(16-35)15-27(28,29)30)14-23(17)19-10-24(31-21-12-22(36)13-21)33-25(11-19)34-6-8-38-9-7-34/h2-3,10-11,14,18,21-22,36H,4-9,12-13,15-16H2,1H3,(H,31,33)(H,32,37). The predicted octanol–water partition coefficient (Wildman–Crippen LogP) is 4.64. The summed E-state index contributed by atoms with van der Waals surface area (Å²) in [6.45, 7) is 5.13. The van der Waals surface area contributed by atoms with Gasteiger partial charge in [0.05, 0.1) is 19.3 Å². The van der Waals surface area contributed by atoms with E-state index >= 15 is 0 Å². The Labute approximate surface area is 220 Å². The van der Waals surface area contributed by atoms with E-state index in [9.17, 15) is 23.1 Å². The summed E-state index contributed by atoms with van der Waals surface area (Å²) in [5.74, 6) is 0.991. The Kier molecular flexibility index (Phi) is 7.67. The van der Waals surface area contributed by atoms with Crippen molar-refractivity contribution in [3.63, 3.8) is 0 Å². The van der Waals surface area contributed by atoms with Crippen molar-refractivity contribution in [2.45, 2.75) is 50.9 Å². The maximum Gasteiger partial charge on any atom is 0.389 e. The predicted molar refractivity (Wildman–Crippen MR) is 139 cm³/mol. The maximum atomic E-state index is 12.8. The highest BCUT2D eigenvalue weighted by Gasteiger charge is 2.36. The zero-order valence-electron chi connectivity index (χ0n) is 21.4. The van der Waals surface area contributed by atoms with Gasteiger partial charge in [0.25, 0.3) is 0 Å². The van der Waals surface area contributed by atoms with Gasteiger partial charge in [-0.1, -0.05) is 6.07 Å². The summed E-state index contributed by atoms with van der Waals surface area (Å²) in [6, 6.07) is 9.40. The van der Waals surface area contributed by atoms with Crippen LogP contribution in [-0.2, 0) is 4.74 Å². The first-order valence-corrected chi connectivity index (χ1v) is 13.2. The molecule has 3 heterocycles. The van der Waals surface area contributed by atoms with Crippen LogP contribution in [0.15, 0.2) is 30.3 Å². The number of pyridine rings is 1. The maximum absolute atomic E-state index is 12.8. The number of alkyl halides is 3. The third-order valence-corrected chi connectivity index (χ3v) is 7.51. The molecule has 3 fully saturated rings. The molecule has 38 heavy (non-hydrogen) atoms. The Morgan fingerprint density at radius 2 is 1.92 bits per heavy atom. The fraction of sp³-hybridized carbons (Fsp3) is 0.556. The number of amides is 2. The molecular weight excluding hydrogens is 499 g/mol. The number of ether oxygens (including phenoxy) is 1. The van der Waals surface area contributed by atoms with Crippen molar-refractivity contribution in [1.82, 2.24) is 9.88 Å². The van der Waals surface area contributed by atoms with Gasteiger partial charge in [-0.2, -0.15) is 13.2 Å². The van der Waals surface area contributed by atoms with Crippen molar-refractivity contribution in [1.29, 1.82) is 0 Å². The van der Waals surface area contributed by atoms with Gasteiger partial charge < -0.3 is 30.3 Å². The molecule has 1 saturated carbocycles. The fourth-order valence-corrected chi connectivity index (χ4v) is 5.34. The number of carbonyl (C=O) groups is 1. The van der Waals surface area contributed by atoms with Gasteiger partial charge in [0.2, 0.25) is 0 Å². The summed E-state index contributed by atoms with van der Waals surface area (Å²) in [4.78, 5) is 21.3. The van der Waals surface area contributed by atoms with Crippen molar-refractivity contribution < 1.29 is 27.8 Å². The number of nitrogens with zero attached hydrogens (tertiary/aromatic N) is 3. The molecule has 2 aromatic rings. The van der Waals surface area contributed by atoms with Gasteiger partial charge in [0.15, 0.2) is 0 Å². The van der Waals surface area contributed by atoms with Crippen molar-refractivity contribution in [3.8, 4) is 11.1 Å².